The molecule has 190 valence electrons. The van der Waals surface area contributed by atoms with Crippen molar-refractivity contribution < 1.29 is 14.6 Å². The highest BCUT2D eigenvalue weighted by Crippen LogP contribution is 2.65. The molecule has 0 radical (unpaired) electrons. The normalized spacial score (nSPS) is 38.4. The van der Waals surface area contributed by atoms with Crippen LogP contribution in [0.15, 0.2) is 12.1 Å². The van der Waals surface area contributed by atoms with Gasteiger partial charge in [-0.05, 0) is 88.5 Å². The number of fused-ring (bicyclic) bond motifs is 8. The van der Waals surface area contributed by atoms with Gasteiger partial charge in [0.25, 0.3) is 0 Å². The molecule has 4 aliphatic rings. The smallest absolute Gasteiger partial charge is 0.169 e. The van der Waals surface area contributed by atoms with Crippen LogP contribution in [0, 0.1) is 29.1 Å². The Labute approximate surface area is 210 Å². The van der Waals surface area contributed by atoms with E-state index in [1.807, 2.05) is 0 Å². The van der Waals surface area contributed by atoms with Crippen LogP contribution in [0.4, 0.5) is 0 Å². The highest BCUT2D eigenvalue weighted by molar-refractivity contribution is 6.06. The van der Waals surface area contributed by atoms with Crippen LogP contribution in [-0.4, -0.2) is 32.7 Å². The van der Waals surface area contributed by atoms with Crippen molar-refractivity contribution in [2.75, 3.05) is 0 Å². The summed E-state index contributed by atoms with van der Waals surface area (Å²) in [4.78, 5) is 17.8. The van der Waals surface area contributed by atoms with Crippen molar-refractivity contribution in [3.05, 3.63) is 34.5 Å². The highest BCUT2D eigenvalue weighted by atomic mass is 16.5. The number of carbonyl (C=O) groups is 1. The first-order chi connectivity index (χ1) is 16.1. The summed E-state index contributed by atoms with van der Waals surface area (Å²) < 4.78 is 6.48. The van der Waals surface area contributed by atoms with Crippen LogP contribution in [0.25, 0.3) is 10.9 Å². The molecule has 6 rings (SSSR count). The molecular weight excluding hydrogens is 434 g/mol. The Kier molecular flexibility index (Phi) is 4.48. The molecule has 1 aromatic carbocycles. The van der Waals surface area contributed by atoms with Gasteiger partial charge in [0.15, 0.2) is 5.78 Å². The molecule has 2 heterocycles. The number of rotatable bonds is 1. The summed E-state index contributed by atoms with van der Waals surface area (Å²) >= 11 is 0. The number of nitrogens with one attached hydrogen (secondary N) is 1. The number of Topliss-reactive ketones (excluding diaryl/α,β-unsaturated/α-hetero) is 1. The van der Waals surface area contributed by atoms with Gasteiger partial charge in [0, 0.05) is 38.9 Å². The minimum Gasteiger partial charge on any atom is -0.389 e. The van der Waals surface area contributed by atoms with Crippen molar-refractivity contribution in [3.63, 3.8) is 0 Å². The monoisotopic (exact) mass is 477 g/mol. The van der Waals surface area contributed by atoms with Crippen LogP contribution < -0.4 is 0 Å². The predicted molar refractivity (Wildman–Crippen MR) is 140 cm³/mol. The van der Waals surface area contributed by atoms with E-state index in [9.17, 15) is 9.90 Å². The van der Waals surface area contributed by atoms with Gasteiger partial charge < -0.3 is 14.8 Å². The van der Waals surface area contributed by atoms with Crippen molar-refractivity contribution in [2.24, 2.45) is 29.1 Å². The van der Waals surface area contributed by atoms with Gasteiger partial charge in [-0.2, -0.15) is 0 Å². The third-order valence-electron chi connectivity index (χ3n) is 11.7. The van der Waals surface area contributed by atoms with Crippen LogP contribution in [0.5, 0.6) is 0 Å². The fraction of sp³-hybridized carbons (Fsp3) is 0.710. The Morgan fingerprint density at radius 2 is 1.69 bits per heavy atom. The molecule has 4 heteroatoms. The number of ether oxygens (including phenoxy) is 1. The van der Waals surface area contributed by atoms with E-state index in [4.69, 9.17) is 4.74 Å². The van der Waals surface area contributed by atoms with Crippen LogP contribution >= 0.6 is 0 Å². The molecule has 2 aromatic rings. The Morgan fingerprint density at radius 1 is 1.00 bits per heavy atom. The average Bonchev–Trinajstić information content (AvgIpc) is 3.31. The van der Waals surface area contributed by atoms with E-state index < -0.39 is 11.2 Å². The molecule has 1 aromatic heterocycles. The van der Waals surface area contributed by atoms with Gasteiger partial charge in [0.05, 0.1) is 22.7 Å². The Morgan fingerprint density at radius 3 is 2.34 bits per heavy atom. The lowest BCUT2D eigenvalue weighted by Gasteiger charge is -2.60. The summed E-state index contributed by atoms with van der Waals surface area (Å²) in [5.74, 6) is 1.01. The molecular formula is C31H43NO3. The number of benzene rings is 1. The Hall–Kier alpha value is -1.65. The number of carbonyl (C=O) groups excluding carboxylic acids is 1. The van der Waals surface area contributed by atoms with Gasteiger partial charge in [-0.25, -0.2) is 0 Å². The molecule has 3 unspecified atom stereocenters. The first kappa shape index (κ1) is 23.7. The molecule has 1 aliphatic heterocycles. The summed E-state index contributed by atoms with van der Waals surface area (Å²) in [7, 11) is 0. The molecule has 0 spiro atoms. The van der Waals surface area contributed by atoms with E-state index in [2.05, 4.69) is 79.4 Å². The predicted octanol–water partition coefficient (Wildman–Crippen LogP) is 6.36. The molecule has 35 heavy (non-hydrogen) atoms. The second-order valence-electron chi connectivity index (χ2n) is 14.3. The largest absolute Gasteiger partial charge is 0.389 e. The van der Waals surface area contributed by atoms with E-state index in [1.54, 1.807) is 0 Å². The molecule has 3 aliphatic carbocycles. The molecule has 5 atom stereocenters. The molecule has 1 saturated carbocycles. The molecule has 0 bridgehead atoms. The second kappa shape index (κ2) is 6.61. The number of H-pyrrole nitrogens is 1. The summed E-state index contributed by atoms with van der Waals surface area (Å²) in [6, 6.07) is 4.18. The van der Waals surface area contributed by atoms with E-state index in [0.29, 0.717) is 5.92 Å². The van der Waals surface area contributed by atoms with Crippen LogP contribution in [0.2, 0.25) is 0 Å². The number of aromatic nitrogens is 1. The lowest BCUT2D eigenvalue weighted by atomic mass is 9.46. The second-order valence-corrected chi connectivity index (χ2v) is 14.3. The number of aromatic amines is 1. The van der Waals surface area contributed by atoms with Crippen molar-refractivity contribution in [3.8, 4) is 0 Å². The molecule has 1 saturated heterocycles. The van der Waals surface area contributed by atoms with Crippen LogP contribution in [0.1, 0.15) is 102 Å². The SMILES string of the molecule is CC(C)[C@]1(O)CCC2Cc3c([nH]c4ccc5c(c34)CC3C(C5=O)C(C)(C)OC3(C)C)[C@]2(C)C1(C)C. The summed E-state index contributed by atoms with van der Waals surface area (Å²) in [5, 5.41) is 13.2. The molecule has 0 amide bonds. The standard InChI is InChI=1S/C31H43NO3/c1-16(2)31(34)13-12-17-14-20-23-19-15-21-24(28(5,6)35-27(21,3)4)25(33)18(19)10-11-22(23)32-26(20)30(17,9)29(31,7)8/h10-11,16-17,21,24,32,34H,12-15H2,1-9H3/t17?,21?,24?,30-,31-/m1/s1. The number of hydrogen-bond donors (Lipinski definition) is 2. The van der Waals surface area contributed by atoms with Crippen molar-refractivity contribution in [1.82, 2.24) is 4.98 Å². The van der Waals surface area contributed by atoms with Gasteiger partial charge in [-0.15, -0.1) is 0 Å². The summed E-state index contributed by atoms with van der Waals surface area (Å²) in [6.07, 6.45) is 3.78. The van der Waals surface area contributed by atoms with Crippen LogP contribution in [0.3, 0.4) is 0 Å². The topological polar surface area (TPSA) is 62.3 Å². The average molecular weight is 478 g/mol. The van der Waals surface area contributed by atoms with Crippen molar-refractivity contribution >= 4 is 16.7 Å². The van der Waals surface area contributed by atoms with E-state index in [1.165, 1.54) is 22.2 Å². The maximum atomic E-state index is 13.9. The maximum Gasteiger partial charge on any atom is 0.169 e. The Balaban J connectivity index is 1.56. The minimum atomic E-state index is -0.712. The maximum absolute atomic E-state index is 13.9. The van der Waals surface area contributed by atoms with Crippen molar-refractivity contribution in [1.29, 1.82) is 0 Å². The zero-order valence-electron chi connectivity index (χ0n) is 23.1. The lowest BCUT2D eigenvalue weighted by Crippen LogP contribution is -2.63. The van der Waals surface area contributed by atoms with Crippen molar-refractivity contribution in [2.45, 2.75) is 110 Å². The molecule has 2 N–H and O–H groups in total. The zero-order chi connectivity index (χ0) is 25.5. The Bertz CT molecular complexity index is 1260. The number of hydrogen-bond acceptors (Lipinski definition) is 3. The van der Waals surface area contributed by atoms with E-state index in [0.717, 1.165) is 36.8 Å². The van der Waals surface area contributed by atoms with E-state index in [-0.39, 0.29) is 40.0 Å². The third kappa shape index (κ3) is 2.59. The lowest BCUT2D eigenvalue weighted by molar-refractivity contribution is -0.177. The van der Waals surface area contributed by atoms with Gasteiger partial charge in [-0.3, -0.25) is 4.79 Å². The fourth-order valence-electron chi connectivity index (χ4n) is 9.51. The zero-order valence-corrected chi connectivity index (χ0v) is 23.1. The number of aliphatic hydroxyl groups is 1. The molecule has 2 fully saturated rings. The van der Waals surface area contributed by atoms with Gasteiger partial charge in [0.1, 0.15) is 0 Å². The minimum absolute atomic E-state index is 0.102. The van der Waals surface area contributed by atoms with E-state index >= 15 is 0 Å². The van der Waals surface area contributed by atoms with Gasteiger partial charge in [0.2, 0.25) is 0 Å². The van der Waals surface area contributed by atoms with Crippen LogP contribution in [-0.2, 0) is 23.0 Å². The first-order valence-corrected chi connectivity index (χ1v) is 13.7. The first-order valence-electron chi connectivity index (χ1n) is 13.7. The highest BCUT2D eigenvalue weighted by Gasteiger charge is 2.65. The van der Waals surface area contributed by atoms with Gasteiger partial charge in [-0.1, -0.05) is 34.6 Å². The van der Waals surface area contributed by atoms with Gasteiger partial charge >= 0.3 is 0 Å². The molecule has 4 nitrogen and oxygen atoms in total. The fourth-order valence-corrected chi connectivity index (χ4v) is 9.51. The summed E-state index contributed by atoms with van der Waals surface area (Å²) in [5.41, 5.74) is 4.03. The summed E-state index contributed by atoms with van der Waals surface area (Å²) in [6.45, 7) is 19.8. The number of ketones is 1. The third-order valence-corrected chi connectivity index (χ3v) is 11.7. The quantitative estimate of drug-likeness (QED) is 0.502.